The molecule has 0 aliphatic carbocycles. The van der Waals surface area contributed by atoms with E-state index in [1.54, 1.807) is 6.92 Å². The maximum atomic E-state index is 10.9. The molecule has 1 rings (SSSR count). The Labute approximate surface area is 90.7 Å². The van der Waals surface area contributed by atoms with E-state index in [4.69, 9.17) is 4.74 Å². The number of benzene rings is 1. The first-order chi connectivity index (χ1) is 7.13. The van der Waals surface area contributed by atoms with Crippen LogP contribution >= 0.6 is 0 Å². The van der Waals surface area contributed by atoms with Crippen molar-refractivity contribution < 1.29 is 9.53 Å². The molecule has 0 amide bonds. The van der Waals surface area contributed by atoms with Crippen molar-refractivity contribution in [1.82, 2.24) is 0 Å². The molecule has 0 spiro atoms. The molecule has 82 valence electrons. The van der Waals surface area contributed by atoms with Gasteiger partial charge >= 0.3 is 5.97 Å². The molecule has 3 nitrogen and oxygen atoms in total. The summed E-state index contributed by atoms with van der Waals surface area (Å²) in [5, 5.41) is 0. The summed E-state index contributed by atoms with van der Waals surface area (Å²) in [6.07, 6.45) is 0.426. The van der Waals surface area contributed by atoms with Crippen molar-refractivity contribution >= 4 is 11.7 Å². The summed E-state index contributed by atoms with van der Waals surface area (Å²) in [6, 6.07) is 7.96. The fourth-order valence-electron chi connectivity index (χ4n) is 1.16. The molecule has 0 aliphatic heterocycles. The molecule has 0 aliphatic rings. The number of hydrogen-bond acceptors (Lipinski definition) is 3. The van der Waals surface area contributed by atoms with Crippen LogP contribution in [-0.4, -0.2) is 20.1 Å². The molecular weight excluding hydrogens is 190 g/mol. The van der Waals surface area contributed by atoms with Gasteiger partial charge in [-0.05, 0) is 17.7 Å². The van der Waals surface area contributed by atoms with Crippen molar-refractivity contribution in [1.29, 1.82) is 0 Å². The fourth-order valence-corrected chi connectivity index (χ4v) is 1.16. The van der Waals surface area contributed by atoms with Crippen LogP contribution in [0.15, 0.2) is 24.3 Å². The third-order valence-electron chi connectivity index (χ3n) is 2.14. The van der Waals surface area contributed by atoms with Gasteiger partial charge in [0.05, 0.1) is 0 Å². The Kier molecular flexibility index (Phi) is 4.16. The predicted octanol–water partition coefficient (Wildman–Crippen LogP) is 2.21. The van der Waals surface area contributed by atoms with Crippen LogP contribution in [0.5, 0.6) is 0 Å². The molecule has 0 saturated heterocycles. The van der Waals surface area contributed by atoms with Crippen molar-refractivity contribution in [2.45, 2.75) is 20.0 Å². The lowest BCUT2D eigenvalue weighted by atomic mass is 10.2. The quantitative estimate of drug-likeness (QED) is 0.709. The molecule has 1 aromatic carbocycles. The van der Waals surface area contributed by atoms with Crippen LogP contribution in [0.3, 0.4) is 0 Å². The molecule has 1 aromatic rings. The third-order valence-corrected chi connectivity index (χ3v) is 2.14. The first-order valence-electron chi connectivity index (χ1n) is 5.05. The summed E-state index contributed by atoms with van der Waals surface area (Å²) >= 11 is 0. The topological polar surface area (TPSA) is 29.5 Å². The Morgan fingerprint density at radius 3 is 2.33 bits per heavy atom. The van der Waals surface area contributed by atoms with E-state index in [0.717, 1.165) is 11.3 Å². The summed E-state index contributed by atoms with van der Waals surface area (Å²) in [5.41, 5.74) is 2.16. The highest BCUT2D eigenvalue weighted by molar-refractivity contribution is 5.68. The normalized spacial score (nSPS) is 9.80. The van der Waals surface area contributed by atoms with Crippen LogP contribution in [0.25, 0.3) is 0 Å². The molecule has 0 radical (unpaired) electrons. The summed E-state index contributed by atoms with van der Waals surface area (Å²) in [7, 11) is 3.98. The fraction of sp³-hybridized carbons (Fsp3) is 0.417. The van der Waals surface area contributed by atoms with Crippen LogP contribution < -0.4 is 4.90 Å². The van der Waals surface area contributed by atoms with Gasteiger partial charge in [0.1, 0.15) is 6.61 Å². The number of carbonyl (C=O) groups excluding carboxylic acids is 1. The van der Waals surface area contributed by atoms with E-state index in [2.05, 4.69) is 0 Å². The minimum atomic E-state index is -0.160. The number of ether oxygens (including phenoxy) is 1. The molecule has 3 heteroatoms. The van der Waals surface area contributed by atoms with E-state index in [1.807, 2.05) is 43.3 Å². The summed E-state index contributed by atoms with van der Waals surface area (Å²) in [6.45, 7) is 2.15. The van der Waals surface area contributed by atoms with Crippen molar-refractivity contribution in [3.63, 3.8) is 0 Å². The highest BCUT2D eigenvalue weighted by atomic mass is 16.5. The molecular formula is C12H17NO2. The van der Waals surface area contributed by atoms with Gasteiger partial charge in [0.2, 0.25) is 0 Å². The van der Waals surface area contributed by atoms with Gasteiger partial charge in [0.25, 0.3) is 0 Å². The lowest BCUT2D eigenvalue weighted by Crippen LogP contribution is -2.08. The van der Waals surface area contributed by atoms with E-state index in [1.165, 1.54) is 0 Å². The second kappa shape index (κ2) is 5.39. The summed E-state index contributed by atoms with van der Waals surface area (Å²) in [5.74, 6) is -0.160. The van der Waals surface area contributed by atoms with Crippen molar-refractivity contribution in [2.24, 2.45) is 0 Å². The minimum absolute atomic E-state index is 0.160. The number of nitrogens with zero attached hydrogens (tertiary/aromatic N) is 1. The molecule has 0 N–H and O–H groups in total. The summed E-state index contributed by atoms with van der Waals surface area (Å²) in [4.78, 5) is 13.0. The number of anilines is 1. The molecule has 0 atom stereocenters. The van der Waals surface area contributed by atoms with Gasteiger partial charge in [0, 0.05) is 26.2 Å². The minimum Gasteiger partial charge on any atom is -0.461 e. The van der Waals surface area contributed by atoms with Crippen LogP contribution in [0, 0.1) is 0 Å². The zero-order valence-electron chi connectivity index (χ0n) is 9.49. The van der Waals surface area contributed by atoms with Gasteiger partial charge in [-0.2, -0.15) is 0 Å². The van der Waals surface area contributed by atoms with Gasteiger partial charge in [-0.3, -0.25) is 4.79 Å². The number of hydrogen-bond donors (Lipinski definition) is 0. The standard InChI is InChI=1S/C12H17NO2/c1-4-12(14)15-9-10-5-7-11(8-6-10)13(2)3/h5-8H,4,9H2,1-3H3. The second-order valence-corrected chi connectivity index (χ2v) is 3.58. The van der Waals surface area contributed by atoms with Crippen LogP contribution in [0.2, 0.25) is 0 Å². The zero-order valence-corrected chi connectivity index (χ0v) is 9.49. The number of rotatable bonds is 4. The molecule has 15 heavy (non-hydrogen) atoms. The Hall–Kier alpha value is -1.51. The first-order valence-corrected chi connectivity index (χ1v) is 5.05. The molecule has 0 bridgehead atoms. The molecule has 0 saturated carbocycles. The van der Waals surface area contributed by atoms with Crippen LogP contribution in [0.4, 0.5) is 5.69 Å². The first kappa shape index (κ1) is 11.6. The van der Waals surface area contributed by atoms with E-state index >= 15 is 0 Å². The zero-order chi connectivity index (χ0) is 11.3. The summed E-state index contributed by atoms with van der Waals surface area (Å²) < 4.78 is 5.03. The third kappa shape index (κ3) is 3.62. The highest BCUT2D eigenvalue weighted by Gasteiger charge is 2.00. The van der Waals surface area contributed by atoms with Gasteiger partial charge in [-0.15, -0.1) is 0 Å². The Bertz CT molecular complexity index is 317. The van der Waals surface area contributed by atoms with Gasteiger partial charge in [-0.1, -0.05) is 19.1 Å². The van der Waals surface area contributed by atoms with E-state index in [0.29, 0.717) is 13.0 Å². The molecule has 0 fully saturated rings. The average molecular weight is 207 g/mol. The van der Waals surface area contributed by atoms with Gasteiger partial charge in [-0.25, -0.2) is 0 Å². The van der Waals surface area contributed by atoms with Crippen LogP contribution in [-0.2, 0) is 16.1 Å². The Morgan fingerprint density at radius 1 is 1.27 bits per heavy atom. The Balaban J connectivity index is 2.53. The highest BCUT2D eigenvalue weighted by Crippen LogP contribution is 2.12. The van der Waals surface area contributed by atoms with E-state index < -0.39 is 0 Å². The van der Waals surface area contributed by atoms with E-state index in [9.17, 15) is 4.79 Å². The number of carbonyl (C=O) groups is 1. The van der Waals surface area contributed by atoms with Crippen molar-refractivity contribution in [2.75, 3.05) is 19.0 Å². The van der Waals surface area contributed by atoms with Crippen LogP contribution in [0.1, 0.15) is 18.9 Å². The number of esters is 1. The molecule has 0 aromatic heterocycles. The maximum Gasteiger partial charge on any atom is 0.305 e. The monoisotopic (exact) mass is 207 g/mol. The van der Waals surface area contributed by atoms with Gasteiger partial charge in [0.15, 0.2) is 0 Å². The SMILES string of the molecule is CCC(=O)OCc1ccc(N(C)C)cc1. The Morgan fingerprint density at radius 2 is 1.87 bits per heavy atom. The average Bonchev–Trinajstić information content (AvgIpc) is 2.26. The lowest BCUT2D eigenvalue weighted by Gasteiger charge is -2.12. The lowest BCUT2D eigenvalue weighted by molar-refractivity contribution is -0.144. The van der Waals surface area contributed by atoms with Gasteiger partial charge < -0.3 is 9.64 Å². The second-order valence-electron chi connectivity index (χ2n) is 3.58. The maximum absolute atomic E-state index is 10.9. The van der Waals surface area contributed by atoms with Crippen molar-refractivity contribution in [3.8, 4) is 0 Å². The van der Waals surface area contributed by atoms with Crippen molar-refractivity contribution in [3.05, 3.63) is 29.8 Å². The predicted molar refractivity (Wildman–Crippen MR) is 60.9 cm³/mol. The largest absolute Gasteiger partial charge is 0.461 e. The molecule has 0 heterocycles. The molecule has 0 unspecified atom stereocenters. The smallest absolute Gasteiger partial charge is 0.305 e. The van der Waals surface area contributed by atoms with E-state index in [-0.39, 0.29) is 5.97 Å².